The summed E-state index contributed by atoms with van der Waals surface area (Å²) in [7, 11) is 0. The molecule has 0 aliphatic heterocycles. The number of hydrogen-bond donors (Lipinski definition) is 1. The number of aryl methyl sites for hydroxylation is 1. The van der Waals surface area contributed by atoms with Gasteiger partial charge < -0.3 is 9.40 Å². The van der Waals surface area contributed by atoms with Crippen LogP contribution in [-0.4, -0.2) is 14.9 Å². The number of H-pyrrole nitrogens is 1. The molecule has 0 saturated carbocycles. The quantitative estimate of drug-likeness (QED) is 0.523. The van der Waals surface area contributed by atoms with Crippen LogP contribution in [0.4, 0.5) is 18.9 Å². The summed E-state index contributed by atoms with van der Waals surface area (Å²) >= 11 is 0. The molecule has 3 aromatic rings. The van der Waals surface area contributed by atoms with E-state index in [0.717, 1.165) is 0 Å². The van der Waals surface area contributed by atoms with E-state index in [0.29, 0.717) is 28.7 Å². The molecule has 28 heavy (non-hydrogen) atoms. The van der Waals surface area contributed by atoms with Gasteiger partial charge in [-0.05, 0) is 49.4 Å². The largest absolute Gasteiger partial charge is 0.457 e. The lowest BCUT2D eigenvalue weighted by Crippen LogP contribution is -2.19. The third-order valence-electron chi connectivity index (χ3n) is 3.79. The van der Waals surface area contributed by atoms with Crippen molar-refractivity contribution in [2.45, 2.75) is 13.1 Å². The first-order valence-electron chi connectivity index (χ1n) is 7.85. The minimum atomic E-state index is -4.70. The van der Waals surface area contributed by atoms with Crippen molar-refractivity contribution in [2.75, 3.05) is 0 Å². The van der Waals surface area contributed by atoms with Crippen LogP contribution in [0.5, 0.6) is 0 Å². The second kappa shape index (κ2) is 7.14. The van der Waals surface area contributed by atoms with Crippen molar-refractivity contribution in [2.24, 2.45) is 0 Å². The molecule has 0 spiro atoms. The van der Waals surface area contributed by atoms with Crippen LogP contribution in [-0.2, 0) is 6.18 Å². The van der Waals surface area contributed by atoms with Crippen LogP contribution >= 0.6 is 0 Å². The number of rotatable bonds is 4. The summed E-state index contributed by atoms with van der Waals surface area (Å²) in [5, 5.41) is 10.9. The van der Waals surface area contributed by atoms with Crippen LogP contribution in [0, 0.1) is 17.0 Å². The molecular weight excluding hydrogens is 379 g/mol. The van der Waals surface area contributed by atoms with Gasteiger partial charge in [-0.25, -0.2) is 4.79 Å². The third-order valence-corrected chi connectivity index (χ3v) is 3.79. The molecule has 10 heteroatoms. The molecule has 2 aromatic heterocycles. The number of aromatic amines is 1. The van der Waals surface area contributed by atoms with Gasteiger partial charge in [-0.2, -0.15) is 18.2 Å². The summed E-state index contributed by atoms with van der Waals surface area (Å²) in [6.07, 6.45) is -2.12. The topological polar surface area (TPSA) is 102 Å². The van der Waals surface area contributed by atoms with Crippen LogP contribution in [0.15, 0.2) is 45.6 Å². The number of furan rings is 1. The van der Waals surface area contributed by atoms with Gasteiger partial charge in [0.1, 0.15) is 17.2 Å². The van der Waals surface area contributed by atoms with Crippen molar-refractivity contribution < 1.29 is 22.5 Å². The molecule has 3 rings (SSSR count). The van der Waals surface area contributed by atoms with Gasteiger partial charge in [0.2, 0.25) is 0 Å². The highest BCUT2D eigenvalue weighted by Crippen LogP contribution is 2.29. The van der Waals surface area contributed by atoms with Crippen LogP contribution in [0.3, 0.4) is 0 Å². The van der Waals surface area contributed by atoms with Crippen molar-refractivity contribution in [3.05, 3.63) is 79.7 Å². The van der Waals surface area contributed by atoms with Crippen LogP contribution in [0.2, 0.25) is 0 Å². The van der Waals surface area contributed by atoms with E-state index in [9.17, 15) is 28.1 Å². The minimum absolute atomic E-state index is 0.0173. The number of halogens is 3. The Kier molecular flexibility index (Phi) is 4.87. The van der Waals surface area contributed by atoms with E-state index in [-0.39, 0.29) is 11.4 Å². The minimum Gasteiger partial charge on any atom is -0.457 e. The Morgan fingerprint density at radius 2 is 1.93 bits per heavy atom. The normalized spacial score (nSPS) is 11.9. The molecule has 0 aliphatic rings. The van der Waals surface area contributed by atoms with E-state index in [1.165, 1.54) is 24.3 Å². The van der Waals surface area contributed by atoms with E-state index in [1.807, 2.05) is 0 Å². The Labute approximate surface area is 155 Å². The molecule has 0 fully saturated rings. The number of nitrogens with one attached hydrogen (secondary N) is 1. The number of nitrogens with zero attached hydrogens (tertiary/aromatic N) is 2. The molecule has 0 atom stereocenters. The Bertz CT molecular complexity index is 1130. The highest BCUT2D eigenvalue weighted by atomic mass is 19.4. The summed E-state index contributed by atoms with van der Waals surface area (Å²) < 4.78 is 43.8. The van der Waals surface area contributed by atoms with Crippen LogP contribution < -0.4 is 5.69 Å². The number of hydrogen-bond acceptors (Lipinski definition) is 5. The molecule has 0 radical (unpaired) electrons. The smallest absolute Gasteiger partial charge is 0.431 e. The second-order valence-corrected chi connectivity index (χ2v) is 5.82. The lowest BCUT2D eigenvalue weighted by atomic mass is 10.1. The van der Waals surface area contributed by atoms with Gasteiger partial charge >= 0.3 is 11.9 Å². The number of benzene rings is 1. The third kappa shape index (κ3) is 4.17. The van der Waals surface area contributed by atoms with Crippen molar-refractivity contribution in [3.63, 3.8) is 0 Å². The van der Waals surface area contributed by atoms with Gasteiger partial charge in [-0.15, -0.1) is 0 Å². The zero-order valence-electron chi connectivity index (χ0n) is 14.3. The predicted octanol–water partition coefficient (Wildman–Crippen LogP) is 4.44. The molecule has 0 unspecified atom stereocenters. The first-order chi connectivity index (χ1) is 13.1. The first kappa shape index (κ1) is 19.1. The summed E-state index contributed by atoms with van der Waals surface area (Å²) in [5.74, 6) is 0.731. The predicted molar refractivity (Wildman–Crippen MR) is 94.3 cm³/mol. The van der Waals surface area contributed by atoms with Gasteiger partial charge in [0.25, 0.3) is 5.69 Å². The van der Waals surface area contributed by atoms with Crippen molar-refractivity contribution in [3.8, 4) is 11.3 Å². The number of alkyl halides is 3. The fraction of sp³-hybridized carbons (Fsp3) is 0.111. The lowest BCUT2D eigenvalue weighted by Gasteiger charge is -2.05. The summed E-state index contributed by atoms with van der Waals surface area (Å²) in [6, 6.07) is 8.39. The van der Waals surface area contributed by atoms with E-state index < -0.39 is 22.5 Å². The maximum Gasteiger partial charge on any atom is 0.431 e. The highest BCUT2D eigenvalue weighted by molar-refractivity contribution is 5.68. The van der Waals surface area contributed by atoms with E-state index in [4.69, 9.17) is 4.42 Å². The molecule has 0 aliphatic carbocycles. The molecule has 0 bridgehead atoms. The standard InChI is InChI=1S/C18H12F3N3O4/c1-10-8-11(2-6-14(10)24(26)27)15-7-5-13(28-15)4-3-12-9-16(18(19,20)21)23-17(25)22-12/h2-9H,1H3,(H,22,23,25). The van der Waals surface area contributed by atoms with Crippen LogP contribution in [0.25, 0.3) is 23.5 Å². The monoisotopic (exact) mass is 391 g/mol. The van der Waals surface area contributed by atoms with Crippen molar-refractivity contribution >= 4 is 17.8 Å². The van der Waals surface area contributed by atoms with Gasteiger partial charge in [-0.1, -0.05) is 0 Å². The first-order valence-corrected chi connectivity index (χ1v) is 7.85. The lowest BCUT2D eigenvalue weighted by molar-refractivity contribution is -0.385. The van der Waals surface area contributed by atoms with E-state index in [2.05, 4.69) is 4.98 Å². The van der Waals surface area contributed by atoms with Gasteiger partial charge in [0.15, 0.2) is 0 Å². The van der Waals surface area contributed by atoms with Gasteiger partial charge in [-0.3, -0.25) is 10.1 Å². The second-order valence-electron chi connectivity index (χ2n) is 5.82. The van der Waals surface area contributed by atoms with Gasteiger partial charge in [0, 0.05) is 17.2 Å². The number of nitro benzene ring substituents is 1. The Morgan fingerprint density at radius 3 is 2.57 bits per heavy atom. The van der Waals surface area contributed by atoms with Crippen LogP contribution in [0.1, 0.15) is 22.7 Å². The average molecular weight is 391 g/mol. The molecule has 1 N–H and O–H groups in total. The van der Waals surface area contributed by atoms with Crippen molar-refractivity contribution in [1.82, 2.24) is 9.97 Å². The van der Waals surface area contributed by atoms with Gasteiger partial charge in [0.05, 0.1) is 10.6 Å². The molecule has 7 nitrogen and oxygen atoms in total. The van der Waals surface area contributed by atoms with E-state index in [1.54, 1.807) is 30.1 Å². The summed E-state index contributed by atoms with van der Waals surface area (Å²) in [4.78, 5) is 26.8. The Hall–Kier alpha value is -3.69. The van der Waals surface area contributed by atoms with E-state index >= 15 is 0 Å². The summed E-state index contributed by atoms with van der Waals surface area (Å²) in [5.41, 5.74) is -1.44. The average Bonchev–Trinajstić information content (AvgIpc) is 3.07. The number of aromatic nitrogens is 2. The SMILES string of the molecule is Cc1cc(-c2ccc(C=Cc3cc(C(F)(F)F)[nH]c(=O)n3)o2)ccc1[N+](=O)[O-]. The summed E-state index contributed by atoms with van der Waals surface area (Å²) in [6.45, 7) is 1.60. The zero-order chi connectivity index (χ0) is 20.5. The fourth-order valence-corrected chi connectivity index (χ4v) is 2.49. The highest BCUT2D eigenvalue weighted by Gasteiger charge is 2.32. The zero-order valence-corrected chi connectivity index (χ0v) is 14.3. The maximum atomic E-state index is 12.7. The molecule has 0 amide bonds. The molecular formula is C18H12F3N3O4. The number of nitro groups is 1. The van der Waals surface area contributed by atoms with Crippen molar-refractivity contribution in [1.29, 1.82) is 0 Å². The molecule has 2 heterocycles. The maximum absolute atomic E-state index is 12.7. The Morgan fingerprint density at radius 1 is 1.18 bits per heavy atom. The fourth-order valence-electron chi connectivity index (χ4n) is 2.49. The molecule has 1 aromatic carbocycles. The Balaban J connectivity index is 1.86. The molecule has 144 valence electrons. The molecule has 0 saturated heterocycles.